The smallest absolute Gasteiger partial charge is 0.237 e. The summed E-state index contributed by atoms with van der Waals surface area (Å²) in [5, 5.41) is 24.2. The maximum Gasteiger partial charge on any atom is 0.237 e. The van der Waals surface area contributed by atoms with Gasteiger partial charge >= 0.3 is 0 Å². The number of carbonyl (C=O) groups is 2. The van der Waals surface area contributed by atoms with Gasteiger partial charge in [0.2, 0.25) is 11.8 Å². The number of nitrogens with one attached hydrogen (secondary N) is 2. The summed E-state index contributed by atoms with van der Waals surface area (Å²) in [6, 6.07) is 7.96. The minimum absolute atomic E-state index is 0.00820. The number of fused-ring (bicyclic) bond motifs is 1. The number of amides is 2. The first kappa shape index (κ1) is 18.8. The molecule has 0 radical (unpaired) electrons. The summed E-state index contributed by atoms with van der Waals surface area (Å²) in [7, 11) is 0. The van der Waals surface area contributed by atoms with Crippen molar-refractivity contribution in [1.29, 1.82) is 0 Å². The molecule has 1 aliphatic carbocycles. The zero-order valence-electron chi connectivity index (χ0n) is 15.1. The van der Waals surface area contributed by atoms with Gasteiger partial charge in [-0.1, -0.05) is 24.3 Å². The zero-order valence-corrected chi connectivity index (χ0v) is 15.1. The molecular weight excluding hydrogens is 334 g/mol. The van der Waals surface area contributed by atoms with Crippen LogP contribution in [-0.4, -0.2) is 70.9 Å². The van der Waals surface area contributed by atoms with Gasteiger partial charge in [-0.15, -0.1) is 0 Å². The number of rotatable bonds is 6. The predicted molar refractivity (Wildman–Crippen MR) is 96.5 cm³/mol. The summed E-state index contributed by atoms with van der Waals surface area (Å²) >= 11 is 0. The molecule has 142 valence electrons. The topological polar surface area (TPSA) is 102 Å². The highest BCUT2D eigenvalue weighted by atomic mass is 16.3. The van der Waals surface area contributed by atoms with Crippen molar-refractivity contribution in [3.05, 3.63) is 35.4 Å². The highest BCUT2D eigenvalue weighted by Crippen LogP contribution is 2.28. The summed E-state index contributed by atoms with van der Waals surface area (Å²) in [6.07, 6.45) is 1.77. The summed E-state index contributed by atoms with van der Waals surface area (Å²) < 4.78 is 0. The van der Waals surface area contributed by atoms with Crippen LogP contribution in [0.25, 0.3) is 0 Å². The Morgan fingerprint density at radius 1 is 1.27 bits per heavy atom. The Labute approximate surface area is 153 Å². The third kappa shape index (κ3) is 3.90. The molecule has 0 saturated carbocycles. The van der Waals surface area contributed by atoms with Crippen molar-refractivity contribution in [2.45, 2.75) is 43.8 Å². The average Bonchev–Trinajstić information content (AvgIpc) is 3.07. The molecule has 3 rings (SSSR count). The molecule has 26 heavy (non-hydrogen) atoms. The standard InChI is InChI=1S/C19H27N3O4/c1-19(11-23,12-24)21-17(25)10-16-18(26)20-6-7-22(16)15-8-13-4-2-3-5-14(13)9-15/h2-5,15-16,23-24H,6-12H2,1H3,(H,20,26)(H,21,25)/t16-/m1/s1. The number of piperazine rings is 1. The second kappa shape index (κ2) is 7.73. The lowest BCUT2D eigenvalue weighted by molar-refractivity contribution is -0.136. The monoisotopic (exact) mass is 361 g/mol. The van der Waals surface area contributed by atoms with E-state index in [0.717, 1.165) is 12.8 Å². The molecule has 2 aliphatic rings. The predicted octanol–water partition coefficient (Wildman–Crippen LogP) is -0.796. The Bertz CT molecular complexity index is 650. The highest BCUT2D eigenvalue weighted by molar-refractivity contribution is 5.89. The van der Waals surface area contributed by atoms with Gasteiger partial charge < -0.3 is 20.8 Å². The van der Waals surface area contributed by atoms with Crippen LogP contribution in [0, 0.1) is 0 Å². The third-order valence-corrected chi connectivity index (χ3v) is 5.39. The van der Waals surface area contributed by atoms with Gasteiger partial charge in [0.1, 0.15) is 0 Å². The first-order chi connectivity index (χ1) is 12.5. The van der Waals surface area contributed by atoms with E-state index in [9.17, 15) is 19.8 Å². The van der Waals surface area contributed by atoms with Crippen LogP contribution in [0.2, 0.25) is 0 Å². The van der Waals surface area contributed by atoms with Crippen LogP contribution in [0.1, 0.15) is 24.5 Å². The highest BCUT2D eigenvalue weighted by Gasteiger charge is 2.38. The quantitative estimate of drug-likeness (QED) is 0.532. The van der Waals surface area contributed by atoms with Crippen LogP contribution >= 0.6 is 0 Å². The first-order valence-electron chi connectivity index (χ1n) is 9.09. The number of aliphatic hydroxyl groups excluding tert-OH is 2. The van der Waals surface area contributed by atoms with Gasteiger partial charge in [0.15, 0.2) is 0 Å². The molecule has 1 fully saturated rings. The second-order valence-electron chi connectivity index (χ2n) is 7.50. The fourth-order valence-corrected chi connectivity index (χ4v) is 3.84. The fraction of sp³-hybridized carbons (Fsp3) is 0.579. The third-order valence-electron chi connectivity index (χ3n) is 5.39. The molecule has 1 heterocycles. The number of hydrogen-bond acceptors (Lipinski definition) is 5. The van der Waals surface area contributed by atoms with Gasteiger partial charge in [0.05, 0.1) is 31.2 Å². The van der Waals surface area contributed by atoms with Crippen LogP contribution in [0.5, 0.6) is 0 Å². The van der Waals surface area contributed by atoms with Crippen molar-refractivity contribution in [3.63, 3.8) is 0 Å². The maximum absolute atomic E-state index is 12.4. The Balaban J connectivity index is 1.70. The largest absolute Gasteiger partial charge is 0.394 e. The van der Waals surface area contributed by atoms with Crippen molar-refractivity contribution in [2.24, 2.45) is 0 Å². The fourth-order valence-electron chi connectivity index (χ4n) is 3.84. The molecule has 7 nitrogen and oxygen atoms in total. The molecule has 7 heteroatoms. The zero-order chi connectivity index (χ0) is 18.7. The van der Waals surface area contributed by atoms with E-state index >= 15 is 0 Å². The van der Waals surface area contributed by atoms with Crippen molar-refractivity contribution in [2.75, 3.05) is 26.3 Å². The van der Waals surface area contributed by atoms with E-state index < -0.39 is 11.6 Å². The summed E-state index contributed by atoms with van der Waals surface area (Å²) in [5.41, 5.74) is 1.52. The molecule has 0 bridgehead atoms. The maximum atomic E-state index is 12.4. The van der Waals surface area contributed by atoms with Gasteiger partial charge in [-0.3, -0.25) is 14.5 Å². The molecule has 1 aromatic carbocycles. The Morgan fingerprint density at radius 2 is 1.88 bits per heavy atom. The van der Waals surface area contributed by atoms with Gasteiger partial charge in [-0.05, 0) is 30.9 Å². The van der Waals surface area contributed by atoms with Crippen molar-refractivity contribution >= 4 is 11.8 Å². The molecule has 0 spiro atoms. The van der Waals surface area contributed by atoms with E-state index in [1.54, 1.807) is 6.92 Å². The van der Waals surface area contributed by atoms with Crippen LogP contribution in [0.4, 0.5) is 0 Å². The number of carbonyl (C=O) groups excluding carboxylic acids is 2. The molecule has 2 amide bonds. The van der Waals surface area contributed by atoms with E-state index in [1.807, 2.05) is 12.1 Å². The molecular formula is C19H27N3O4. The SMILES string of the molecule is CC(CO)(CO)NC(=O)C[C@@H]1C(=O)NCCN1C1Cc2ccccc2C1. The lowest BCUT2D eigenvalue weighted by Crippen LogP contribution is -2.61. The van der Waals surface area contributed by atoms with Crippen molar-refractivity contribution < 1.29 is 19.8 Å². The van der Waals surface area contributed by atoms with Crippen LogP contribution in [0.15, 0.2) is 24.3 Å². The minimum Gasteiger partial charge on any atom is -0.394 e. The number of hydrogen-bond donors (Lipinski definition) is 4. The minimum atomic E-state index is -1.09. The molecule has 0 aromatic heterocycles. The number of nitrogens with zero attached hydrogens (tertiary/aromatic N) is 1. The summed E-state index contributed by atoms with van der Waals surface area (Å²) in [6.45, 7) is 2.12. The lowest BCUT2D eigenvalue weighted by Gasteiger charge is -2.39. The van der Waals surface area contributed by atoms with Gasteiger partial charge in [-0.25, -0.2) is 0 Å². The van der Waals surface area contributed by atoms with Gasteiger partial charge in [-0.2, -0.15) is 0 Å². The van der Waals surface area contributed by atoms with Gasteiger partial charge in [0, 0.05) is 19.1 Å². The molecule has 4 N–H and O–H groups in total. The van der Waals surface area contributed by atoms with E-state index in [1.165, 1.54) is 11.1 Å². The molecule has 1 aliphatic heterocycles. The summed E-state index contributed by atoms with van der Waals surface area (Å²) in [5.74, 6) is -0.491. The second-order valence-corrected chi connectivity index (χ2v) is 7.50. The van der Waals surface area contributed by atoms with E-state index in [4.69, 9.17) is 0 Å². The van der Waals surface area contributed by atoms with E-state index in [-0.39, 0.29) is 37.5 Å². The Hall–Kier alpha value is -1.96. The van der Waals surface area contributed by atoms with Crippen molar-refractivity contribution in [3.8, 4) is 0 Å². The summed E-state index contributed by atoms with van der Waals surface area (Å²) in [4.78, 5) is 27.0. The van der Waals surface area contributed by atoms with Crippen LogP contribution in [-0.2, 0) is 22.4 Å². The number of benzene rings is 1. The normalized spacial score (nSPS) is 21.3. The average molecular weight is 361 g/mol. The first-order valence-corrected chi connectivity index (χ1v) is 9.09. The van der Waals surface area contributed by atoms with Crippen LogP contribution in [0.3, 0.4) is 0 Å². The van der Waals surface area contributed by atoms with Gasteiger partial charge in [0.25, 0.3) is 0 Å². The van der Waals surface area contributed by atoms with E-state index in [0.29, 0.717) is 13.1 Å². The molecule has 0 unspecified atom stereocenters. The lowest BCUT2D eigenvalue weighted by atomic mass is 10.0. The van der Waals surface area contributed by atoms with E-state index in [2.05, 4.69) is 27.7 Å². The molecule has 1 aromatic rings. The van der Waals surface area contributed by atoms with Crippen LogP contribution < -0.4 is 10.6 Å². The molecule has 1 saturated heterocycles. The Kier molecular flexibility index (Phi) is 5.60. The van der Waals surface area contributed by atoms with Crippen molar-refractivity contribution in [1.82, 2.24) is 15.5 Å². The Morgan fingerprint density at radius 3 is 2.46 bits per heavy atom. The number of aliphatic hydroxyl groups is 2. The molecule has 1 atom stereocenters.